The molecule has 0 atom stereocenters. The molecule has 0 bridgehead atoms. The predicted molar refractivity (Wildman–Crippen MR) is 52.9 cm³/mol. The van der Waals surface area contributed by atoms with Crippen LogP contribution in [0.2, 0.25) is 0 Å². The number of anilines is 1. The van der Waals surface area contributed by atoms with Crippen molar-refractivity contribution in [3.05, 3.63) is 35.2 Å². The first-order chi connectivity index (χ1) is 6.88. The van der Waals surface area contributed by atoms with Crippen molar-refractivity contribution in [2.45, 2.75) is 6.54 Å². The Morgan fingerprint density at radius 2 is 2.57 bits per heavy atom. The van der Waals surface area contributed by atoms with E-state index in [1.807, 2.05) is 18.2 Å². The summed E-state index contributed by atoms with van der Waals surface area (Å²) >= 11 is 1.33. The topological polar surface area (TPSA) is 61.9 Å². The third-order valence-corrected chi connectivity index (χ3v) is 2.47. The van der Waals surface area contributed by atoms with E-state index >= 15 is 0 Å². The van der Waals surface area contributed by atoms with Gasteiger partial charge in [-0.2, -0.15) is 5.26 Å². The number of nitriles is 1. The second kappa shape index (κ2) is 3.94. The molecule has 0 aliphatic carbocycles. The van der Waals surface area contributed by atoms with Crippen LogP contribution in [-0.2, 0) is 6.54 Å². The highest BCUT2D eigenvalue weighted by atomic mass is 32.1. The molecule has 0 fully saturated rings. The van der Waals surface area contributed by atoms with E-state index in [2.05, 4.69) is 10.3 Å². The summed E-state index contributed by atoms with van der Waals surface area (Å²) in [6.45, 7) is 0.589. The van der Waals surface area contributed by atoms with Crippen LogP contribution in [0.25, 0.3) is 0 Å². The van der Waals surface area contributed by atoms with Gasteiger partial charge in [-0.1, -0.05) is 11.3 Å². The Labute approximate surface area is 84.8 Å². The van der Waals surface area contributed by atoms with E-state index in [0.717, 1.165) is 10.9 Å². The van der Waals surface area contributed by atoms with E-state index in [9.17, 15) is 0 Å². The summed E-state index contributed by atoms with van der Waals surface area (Å²) in [5.41, 5.74) is 0. The molecule has 4 nitrogen and oxygen atoms in total. The minimum atomic E-state index is 0.589. The molecular weight excluding hydrogens is 198 g/mol. The molecule has 0 aliphatic heterocycles. The standard InChI is InChI=1S/C9H7N3OS/c10-4-8-6-12-9(14-8)11-5-7-2-1-3-13-7/h1-3,6H,5H2,(H,11,12). The van der Waals surface area contributed by atoms with Gasteiger partial charge in [0, 0.05) is 0 Å². The smallest absolute Gasteiger partial charge is 0.184 e. The van der Waals surface area contributed by atoms with E-state index < -0.39 is 0 Å². The maximum Gasteiger partial charge on any atom is 0.184 e. The van der Waals surface area contributed by atoms with Crippen LogP contribution in [0.4, 0.5) is 5.13 Å². The van der Waals surface area contributed by atoms with Crippen molar-refractivity contribution in [1.29, 1.82) is 5.26 Å². The molecule has 0 spiro atoms. The fourth-order valence-electron chi connectivity index (χ4n) is 0.983. The lowest BCUT2D eigenvalue weighted by atomic mass is 10.4. The van der Waals surface area contributed by atoms with Gasteiger partial charge >= 0.3 is 0 Å². The quantitative estimate of drug-likeness (QED) is 0.834. The molecular formula is C9H7N3OS. The van der Waals surface area contributed by atoms with Crippen LogP contribution in [0.1, 0.15) is 10.6 Å². The zero-order valence-electron chi connectivity index (χ0n) is 7.23. The summed E-state index contributed by atoms with van der Waals surface area (Å²) in [7, 11) is 0. The average Bonchev–Trinajstić information content (AvgIpc) is 2.86. The van der Waals surface area contributed by atoms with Gasteiger partial charge in [0.1, 0.15) is 16.7 Å². The first-order valence-corrected chi connectivity index (χ1v) is 4.82. The number of furan rings is 1. The van der Waals surface area contributed by atoms with Crippen molar-refractivity contribution in [3.8, 4) is 6.07 Å². The van der Waals surface area contributed by atoms with Crippen molar-refractivity contribution < 1.29 is 4.42 Å². The van der Waals surface area contributed by atoms with Gasteiger partial charge < -0.3 is 9.73 Å². The van der Waals surface area contributed by atoms with Crippen LogP contribution in [-0.4, -0.2) is 4.98 Å². The molecule has 0 amide bonds. The molecule has 2 aromatic heterocycles. The Kier molecular flexibility index (Phi) is 2.47. The molecule has 2 aromatic rings. The third-order valence-electron chi connectivity index (χ3n) is 1.61. The van der Waals surface area contributed by atoms with Gasteiger partial charge in [0.05, 0.1) is 19.0 Å². The third kappa shape index (κ3) is 1.92. The lowest BCUT2D eigenvalue weighted by Crippen LogP contribution is -1.96. The number of hydrogen-bond donors (Lipinski definition) is 1. The van der Waals surface area contributed by atoms with Crippen LogP contribution in [0, 0.1) is 11.3 Å². The van der Waals surface area contributed by atoms with Crippen molar-refractivity contribution in [2.24, 2.45) is 0 Å². The predicted octanol–water partition coefficient (Wildman–Crippen LogP) is 2.22. The summed E-state index contributed by atoms with van der Waals surface area (Å²) in [6.07, 6.45) is 3.18. The van der Waals surface area contributed by atoms with E-state index in [1.54, 1.807) is 12.5 Å². The molecule has 5 heteroatoms. The van der Waals surface area contributed by atoms with E-state index in [1.165, 1.54) is 11.3 Å². The molecule has 1 N–H and O–H groups in total. The highest BCUT2D eigenvalue weighted by molar-refractivity contribution is 7.16. The van der Waals surface area contributed by atoms with Crippen molar-refractivity contribution in [3.63, 3.8) is 0 Å². The van der Waals surface area contributed by atoms with Gasteiger partial charge in [0.2, 0.25) is 0 Å². The maximum atomic E-state index is 8.58. The largest absolute Gasteiger partial charge is 0.467 e. The highest BCUT2D eigenvalue weighted by Gasteiger charge is 2.01. The molecule has 0 radical (unpaired) electrons. The number of rotatable bonds is 3. The van der Waals surface area contributed by atoms with Crippen LogP contribution < -0.4 is 5.32 Å². The highest BCUT2D eigenvalue weighted by Crippen LogP contribution is 2.17. The number of nitrogens with zero attached hydrogens (tertiary/aromatic N) is 2. The zero-order valence-corrected chi connectivity index (χ0v) is 8.04. The molecule has 2 rings (SSSR count). The Morgan fingerprint density at radius 3 is 3.21 bits per heavy atom. The van der Waals surface area contributed by atoms with Crippen LogP contribution in [0.15, 0.2) is 29.0 Å². The lowest BCUT2D eigenvalue weighted by Gasteiger charge is -1.97. The van der Waals surface area contributed by atoms with Crippen LogP contribution in [0.5, 0.6) is 0 Å². The molecule has 2 heterocycles. The van der Waals surface area contributed by atoms with E-state index in [0.29, 0.717) is 11.4 Å². The molecule has 0 aliphatic rings. The normalized spacial score (nSPS) is 9.64. The summed E-state index contributed by atoms with van der Waals surface area (Å²) in [5.74, 6) is 0.846. The monoisotopic (exact) mass is 205 g/mol. The second-order valence-corrected chi connectivity index (χ2v) is 3.61. The minimum absolute atomic E-state index is 0.589. The van der Waals surface area contributed by atoms with E-state index in [-0.39, 0.29) is 0 Å². The summed E-state index contributed by atoms with van der Waals surface area (Å²) in [6, 6.07) is 5.75. The van der Waals surface area contributed by atoms with Gasteiger partial charge in [-0.25, -0.2) is 4.98 Å². The summed E-state index contributed by atoms with van der Waals surface area (Å²) in [4.78, 5) is 4.63. The fourth-order valence-corrected chi connectivity index (χ4v) is 1.59. The van der Waals surface area contributed by atoms with Crippen LogP contribution >= 0.6 is 11.3 Å². The Hall–Kier alpha value is -1.80. The van der Waals surface area contributed by atoms with Crippen molar-refractivity contribution in [2.75, 3.05) is 5.32 Å². The molecule has 0 aromatic carbocycles. The van der Waals surface area contributed by atoms with Gasteiger partial charge in [-0.15, -0.1) is 0 Å². The molecule has 70 valence electrons. The van der Waals surface area contributed by atoms with Gasteiger partial charge in [0.25, 0.3) is 0 Å². The van der Waals surface area contributed by atoms with Crippen LogP contribution in [0.3, 0.4) is 0 Å². The molecule has 0 saturated heterocycles. The average molecular weight is 205 g/mol. The van der Waals surface area contributed by atoms with Crippen molar-refractivity contribution >= 4 is 16.5 Å². The SMILES string of the molecule is N#Cc1cnc(NCc2ccco2)s1. The number of hydrogen-bond acceptors (Lipinski definition) is 5. The minimum Gasteiger partial charge on any atom is -0.467 e. The van der Waals surface area contributed by atoms with E-state index in [4.69, 9.17) is 9.68 Å². The van der Waals surface area contributed by atoms with Gasteiger partial charge in [-0.05, 0) is 12.1 Å². The van der Waals surface area contributed by atoms with Gasteiger partial charge in [-0.3, -0.25) is 0 Å². The number of aromatic nitrogens is 1. The number of thiazole rings is 1. The Morgan fingerprint density at radius 1 is 1.64 bits per heavy atom. The maximum absolute atomic E-state index is 8.58. The second-order valence-electron chi connectivity index (χ2n) is 2.57. The van der Waals surface area contributed by atoms with Crippen molar-refractivity contribution in [1.82, 2.24) is 4.98 Å². The zero-order chi connectivity index (χ0) is 9.80. The lowest BCUT2D eigenvalue weighted by molar-refractivity contribution is 0.518. The summed E-state index contributed by atoms with van der Waals surface area (Å²) in [5, 5.41) is 12.4. The van der Waals surface area contributed by atoms with Gasteiger partial charge in [0.15, 0.2) is 5.13 Å². The Balaban J connectivity index is 1.96. The fraction of sp³-hybridized carbons (Fsp3) is 0.111. The first-order valence-electron chi connectivity index (χ1n) is 4.00. The molecule has 14 heavy (non-hydrogen) atoms. The summed E-state index contributed by atoms with van der Waals surface area (Å²) < 4.78 is 5.14. The molecule has 0 saturated carbocycles. The molecule has 0 unspecified atom stereocenters. The first kappa shape index (κ1) is 8.78. The number of nitrogens with one attached hydrogen (secondary N) is 1. The Bertz CT molecular complexity index is 441.